The molecule has 0 radical (unpaired) electrons. The Balaban J connectivity index is 2.42. The number of Topliss-reactive ketones (excluding diaryl/α,β-unsaturated/α-hetero) is 1. The van der Waals surface area contributed by atoms with Gasteiger partial charge < -0.3 is 18.9 Å². The summed E-state index contributed by atoms with van der Waals surface area (Å²) in [5.74, 6) is 1.86. The Morgan fingerprint density at radius 2 is 1.84 bits per heavy atom. The maximum atomic E-state index is 11.5. The van der Waals surface area contributed by atoms with Crippen molar-refractivity contribution in [1.82, 2.24) is 0 Å². The van der Waals surface area contributed by atoms with Crippen LogP contribution in [0.15, 0.2) is 12.1 Å². The van der Waals surface area contributed by atoms with E-state index in [2.05, 4.69) is 0 Å². The van der Waals surface area contributed by atoms with Crippen molar-refractivity contribution in [1.29, 1.82) is 0 Å². The first-order valence-electron chi connectivity index (χ1n) is 6.13. The van der Waals surface area contributed by atoms with E-state index in [1.165, 1.54) is 0 Å². The molecule has 1 aliphatic rings. The van der Waals surface area contributed by atoms with Crippen LogP contribution < -0.4 is 14.2 Å². The quantitative estimate of drug-likeness (QED) is 0.835. The van der Waals surface area contributed by atoms with E-state index in [0.717, 1.165) is 5.56 Å². The number of rotatable bonds is 4. The van der Waals surface area contributed by atoms with Gasteiger partial charge in [-0.15, -0.1) is 0 Å². The molecule has 0 amide bonds. The molecule has 19 heavy (non-hydrogen) atoms. The van der Waals surface area contributed by atoms with Crippen LogP contribution >= 0.6 is 0 Å². The molecule has 0 N–H and O–H groups in total. The van der Waals surface area contributed by atoms with Crippen LogP contribution in [0.3, 0.4) is 0 Å². The van der Waals surface area contributed by atoms with Crippen LogP contribution in [0.4, 0.5) is 0 Å². The van der Waals surface area contributed by atoms with Crippen molar-refractivity contribution in [3.05, 3.63) is 17.7 Å². The van der Waals surface area contributed by atoms with Crippen LogP contribution in [0.25, 0.3) is 0 Å². The summed E-state index contributed by atoms with van der Waals surface area (Å²) in [4.78, 5) is 11.5. The van der Waals surface area contributed by atoms with Crippen molar-refractivity contribution in [3.8, 4) is 17.2 Å². The van der Waals surface area contributed by atoms with Gasteiger partial charge in [0.1, 0.15) is 5.78 Å². The second-order valence-corrected chi connectivity index (χ2v) is 4.28. The molecule has 5 heteroatoms. The number of carbonyl (C=O) groups is 1. The molecular formula is C14H18O5. The van der Waals surface area contributed by atoms with Gasteiger partial charge in [-0.3, -0.25) is 4.79 Å². The first kappa shape index (κ1) is 13.7. The first-order chi connectivity index (χ1) is 9.21. The number of hydrogen-bond donors (Lipinski definition) is 0. The average Bonchev–Trinajstić information content (AvgIpc) is 2.45. The standard InChI is InChI=1S/C14H18O5/c1-16-11-5-4-10(13(17-2)14(11)18-3)12-8-9(15)6-7-19-12/h4-5,12H,6-8H2,1-3H3. The molecule has 2 rings (SSSR count). The van der Waals surface area contributed by atoms with Gasteiger partial charge in [-0.05, 0) is 12.1 Å². The van der Waals surface area contributed by atoms with Crippen LogP contribution in [0.2, 0.25) is 0 Å². The molecule has 0 spiro atoms. The topological polar surface area (TPSA) is 54.0 Å². The van der Waals surface area contributed by atoms with Crippen LogP contribution in [0.1, 0.15) is 24.5 Å². The first-order valence-corrected chi connectivity index (χ1v) is 6.13. The highest BCUT2D eigenvalue weighted by Gasteiger charge is 2.27. The molecule has 0 aliphatic carbocycles. The number of ether oxygens (including phenoxy) is 4. The lowest BCUT2D eigenvalue weighted by Gasteiger charge is -2.25. The summed E-state index contributed by atoms with van der Waals surface area (Å²) in [6, 6.07) is 3.64. The van der Waals surface area contributed by atoms with Crippen molar-refractivity contribution < 1.29 is 23.7 Å². The van der Waals surface area contributed by atoms with Gasteiger partial charge in [-0.25, -0.2) is 0 Å². The minimum atomic E-state index is -0.281. The van der Waals surface area contributed by atoms with Gasteiger partial charge >= 0.3 is 0 Å². The summed E-state index contributed by atoms with van der Waals surface area (Å²) >= 11 is 0. The van der Waals surface area contributed by atoms with Crippen LogP contribution in [-0.2, 0) is 9.53 Å². The van der Waals surface area contributed by atoms with Gasteiger partial charge in [0.25, 0.3) is 0 Å². The fourth-order valence-electron chi connectivity index (χ4n) is 2.26. The Hall–Kier alpha value is -1.75. The summed E-state index contributed by atoms with van der Waals surface area (Å²) in [5.41, 5.74) is 0.813. The zero-order chi connectivity index (χ0) is 13.8. The molecule has 1 atom stereocenters. The van der Waals surface area contributed by atoms with E-state index in [-0.39, 0.29) is 11.9 Å². The largest absolute Gasteiger partial charge is 0.493 e. The molecule has 0 aromatic heterocycles. The summed E-state index contributed by atoms with van der Waals surface area (Å²) in [6.07, 6.45) is 0.564. The minimum Gasteiger partial charge on any atom is -0.493 e. The Kier molecular flexibility index (Phi) is 4.27. The lowest BCUT2D eigenvalue weighted by atomic mass is 9.99. The summed E-state index contributed by atoms with van der Waals surface area (Å²) in [5, 5.41) is 0. The highest BCUT2D eigenvalue weighted by Crippen LogP contribution is 2.44. The smallest absolute Gasteiger partial charge is 0.203 e. The zero-order valence-electron chi connectivity index (χ0n) is 11.4. The Morgan fingerprint density at radius 1 is 1.11 bits per heavy atom. The van der Waals surface area contributed by atoms with Crippen molar-refractivity contribution >= 4 is 5.78 Å². The summed E-state index contributed by atoms with van der Waals surface area (Å²) < 4.78 is 21.6. The Bertz CT molecular complexity index is 469. The molecule has 5 nitrogen and oxygen atoms in total. The van der Waals surface area contributed by atoms with Gasteiger partial charge in [-0.1, -0.05) is 0 Å². The Morgan fingerprint density at radius 3 is 2.42 bits per heavy atom. The summed E-state index contributed by atoms with van der Waals surface area (Å²) in [7, 11) is 4.68. The SMILES string of the molecule is COc1ccc(C2CC(=O)CCO2)c(OC)c1OC. The lowest BCUT2D eigenvalue weighted by molar-refractivity contribution is -0.128. The molecule has 1 fully saturated rings. The van der Waals surface area contributed by atoms with E-state index in [4.69, 9.17) is 18.9 Å². The van der Waals surface area contributed by atoms with E-state index >= 15 is 0 Å². The van der Waals surface area contributed by atoms with Gasteiger partial charge in [-0.2, -0.15) is 0 Å². The van der Waals surface area contributed by atoms with Gasteiger partial charge in [0.05, 0.1) is 34.0 Å². The number of methoxy groups -OCH3 is 3. The van der Waals surface area contributed by atoms with Crippen molar-refractivity contribution in [2.24, 2.45) is 0 Å². The van der Waals surface area contributed by atoms with Crippen LogP contribution in [0.5, 0.6) is 17.2 Å². The highest BCUT2D eigenvalue weighted by molar-refractivity contribution is 5.80. The van der Waals surface area contributed by atoms with Crippen molar-refractivity contribution in [2.45, 2.75) is 18.9 Å². The molecule has 104 valence electrons. The van der Waals surface area contributed by atoms with E-state index < -0.39 is 0 Å². The fraction of sp³-hybridized carbons (Fsp3) is 0.500. The zero-order valence-corrected chi connectivity index (χ0v) is 11.4. The number of hydrogen-bond acceptors (Lipinski definition) is 5. The summed E-state index contributed by atoms with van der Waals surface area (Å²) in [6.45, 7) is 0.445. The third-order valence-electron chi connectivity index (χ3n) is 3.19. The monoisotopic (exact) mass is 266 g/mol. The van der Waals surface area contributed by atoms with Gasteiger partial charge in [0.2, 0.25) is 5.75 Å². The van der Waals surface area contributed by atoms with Crippen LogP contribution in [-0.4, -0.2) is 33.7 Å². The number of carbonyl (C=O) groups excluding carboxylic acids is 1. The number of ketones is 1. The third-order valence-corrected chi connectivity index (χ3v) is 3.19. The van der Waals surface area contributed by atoms with E-state index in [1.807, 2.05) is 6.07 Å². The molecule has 0 saturated carbocycles. The highest BCUT2D eigenvalue weighted by atomic mass is 16.5. The predicted molar refractivity (Wildman–Crippen MR) is 69.0 cm³/mol. The van der Waals surface area contributed by atoms with Crippen molar-refractivity contribution in [2.75, 3.05) is 27.9 Å². The average molecular weight is 266 g/mol. The molecule has 0 bridgehead atoms. The molecule has 1 aromatic rings. The van der Waals surface area contributed by atoms with Crippen molar-refractivity contribution in [3.63, 3.8) is 0 Å². The Labute approximate surface area is 112 Å². The normalized spacial score (nSPS) is 19.1. The van der Waals surface area contributed by atoms with Crippen LogP contribution in [0, 0.1) is 0 Å². The predicted octanol–water partition coefficient (Wildman–Crippen LogP) is 2.13. The molecule has 1 unspecified atom stereocenters. The molecule has 1 heterocycles. The third kappa shape index (κ3) is 2.66. The minimum absolute atomic E-state index is 0.202. The molecule has 1 aliphatic heterocycles. The maximum Gasteiger partial charge on any atom is 0.203 e. The second-order valence-electron chi connectivity index (χ2n) is 4.28. The molecule has 1 aromatic carbocycles. The number of benzene rings is 1. The second kappa shape index (κ2) is 5.93. The lowest BCUT2D eigenvalue weighted by Crippen LogP contribution is -2.20. The maximum absolute atomic E-state index is 11.5. The molecular weight excluding hydrogens is 248 g/mol. The van der Waals surface area contributed by atoms with E-state index in [1.54, 1.807) is 27.4 Å². The van der Waals surface area contributed by atoms with Gasteiger partial charge in [0.15, 0.2) is 11.5 Å². The fourth-order valence-corrected chi connectivity index (χ4v) is 2.26. The van der Waals surface area contributed by atoms with E-state index in [9.17, 15) is 4.79 Å². The molecule has 1 saturated heterocycles. The van der Waals surface area contributed by atoms with E-state index in [0.29, 0.717) is 36.7 Å². The van der Waals surface area contributed by atoms with Gasteiger partial charge in [0, 0.05) is 18.4 Å².